The summed E-state index contributed by atoms with van der Waals surface area (Å²) in [5, 5.41) is 17.9. The van der Waals surface area contributed by atoms with Crippen LogP contribution in [0.25, 0.3) is 0 Å². The van der Waals surface area contributed by atoms with E-state index < -0.39 is 0 Å². The molecule has 0 bridgehead atoms. The highest BCUT2D eigenvalue weighted by molar-refractivity contribution is 7.15. The number of nitrogens with zero attached hydrogens (tertiary/aromatic N) is 2. The van der Waals surface area contributed by atoms with E-state index in [1.807, 2.05) is 13.0 Å². The van der Waals surface area contributed by atoms with Crippen LogP contribution in [-0.4, -0.2) is 28.2 Å². The van der Waals surface area contributed by atoms with Crippen molar-refractivity contribution >= 4 is 33.7 Å². The molecule has 116 valence electrons. The quantitative estimate of drug-likeness (QED) is 0.881. The van der Waals surface area contributed by atoms with E-state index in [2.05, 4.69) is 26.2 Å². The van der Waals surface area contributed by atoms with E-state index >= 15 is 0 Å². The minimum absolute atomic E-state index is 0.0865. The van der Waals surface area contributed by atoms with Gasteiger partial charge in [0.1, 0.15) is 5.01 Å². The zero-order valence-corrected chi connectivity index (χ0v) is 14.0. The zero-order valence-electron chi connectivity index (χ0n) is 12.3. The van der Waals surface area contributed by atoms with Crippen molar-refractivity contribution in [3.63, 3.8) is 0 Å². The second-order valence-corrected chi connectivity index (χ2v) is 8.16. The molecule has 2 heterocycles. The van der Waals surface area contributed by atoms with Crippen molar-refractivity contribution in [3.05, 3.63) is 26.9 Å². The van der Waals surface area contributed by atoms with Gasteiger partial charge in [-0.1, -0.05) is 17.8 Å². The number of anilines is 1. The predicted octanol–water partition coefficient (Wildman–Crippen LogP) is 3.16. The molecule has 2 fully saturated rings. The number of hydrogen-bond donors (Lipinski definition) is 2. The lowest BCUT2D eigenvalue weighted by Gasteiger charge is -2.26. The van der Waals surface area contributed by atoms with Gasteiger partial charge in [-0.05, 0) is 43.2 Å². The van der Waals surface area contributed by atoms with Crippen LogP contribution >= 0.6 is 22.7 Å². The van der Waals surface area contributed by atoms with Gasteiger partial charge in [0.25, 0.3) is 5.91 Å². The number of carbonyl (C=O) groups is 1. The Hall–Kier alpha value is -1.31. The van der Waals surface area contributed by atoms with Crippen LogP contribution in [0.3, 0.4) is 0 Å². The number of hydrogen-bond acceptors (Lipinski definition) is 6. The topological polar surface area (TPSA) is 66.9 Å². The van der Waals surface area contributed by atoms with Crippen LogP contribution < -0.4 is 10.6 Å². The highest BCUT2D eigenvalue weighted by atomic mass is 32.1. The molecule has 2 saturated carbocycles. The molecular weight excluding hydrogens is 316 g/mol. The van der Waals surface area contributed by atoms with Crippen LogP contribution in [-0.2, 0) is 0 Å². The Balaban J connectivity index is 1.36. The van der Waals surface area contributed by atoms with E-state index in [9.17, 15) is 4.79 Å². The molecule has 0 aromatic carbocycles. The fraction of sp³-hybridized carbons (Fsp3) is 0.533. The van der Waals surface area contributed by atoms with E-state index in [0.29, 0.717) is 17.1 Å². The first-order chi connectivity index (χ1) is 10.7. The molecule has 5 nitrogen and oxygen atoms in total. The van der Waals surface area contributed by atoms with Gasteiger partial charge in [0.15, 0.2) is 0 Å². The third-order valence-corrected chi connectivity index (χ3v) is 6.06. The molecule has 2 N–H and O–H groups in total. The predicted molar refractivity (Wildman–Crippen MR) is 88.8 cm³/mol. The van der Waals surface area contributed by atoms with Crippen molar-refractivity contribution in [1.82, 2.24) is 15.5 Å². The SMILES string of the molecule is Cc1nnc(NC(=O)c2cc(C3C[C@H]3NC3CCC3)cs2)s1. The zero-order chi connectivity index (χ0) is 15.1. The molecule has 7 heteroatoms. The smallest absolute Gasteiger partial charge is 0.267 e. The van der Waals surface area contributed by atoms with E-state index in [1.54, 1.807) is 0 Å². The van der Waals surface area contributed by atoms with Crippen LogP contribution in [0, 0.1) is 6.92 Å². The Bertz CT molecular complexity index is 691. The van der Waals surface area contributed by atoms with E-state index in [0.717, 1.165) is 15.9 Å². The Labute approximate surface area is 137 Å². The molecule has 2 aromatic rings. The lowest BCUT2D eigenvalue weighted by molar-refractivity contribution is 0.103. The van der Waals surface area contributed by atoms with Gasteiger partial charge < -0.3 is 5.32 Å². The maximum atomic E-state index is 12.2. The number of aryl methyl sites for hydroxylation is 1. The lowest BCUT2D eigenvalue weighted by atomic mass is 9.93. The number of rotatable bonds is 5. The molecule has 0 spiro atoms. The molecule has 0 aliphatic heterocycles. The third-order valence-electron chi connectivity index (χ3n) is 4.36. The molecule has 4 rings (SSSR count). The summed E-state index contributed by atoms with van der Waals surface area (Å²) in [7, 11) is 0. The van der Waals surface area contributed by atoms with Crippen LogP contribution in [0.15, 0.2) is 11.4 Å². The highest BCUT2D eigenvalue weighted by Gasteiger charge is 2.40. The van der Waals surface area contributed by atoms with Crippen molar-refractivity contribution in [3.8, 4) is 0 Å². The lowest BCUT2D eigenvalue weighted by Crippen LogP contribution is -2.37. The minimum atomic E-state index is -0.0865. The highest BCUT2D eigenvalue weighted by Crippen LogP contribution is 2.43. The first kappa shape index (κ1) is 14.3. The fourth-order valence-electron chi connectivity index (χ4n) is 2.80. The van der Waals surface area contributed by atoms with Gasteiger partial charge in [-0.3, -0.25) is 10.1 Å². The van der Waals surface area contributed by atoms with Gasteiger partial charge in [0, 0.05) is 18.0 Å². The van der Waals surface area contributed by atoms with Gasteiger partial charge >= 0.3 is 0 Å². The molecule has 2 aliphatic rings. The molecular formula is C15H18N4OS2. The summed E-state index contributed by atoms with van der Waals surface area (Å²) in [5.74, 6) is 0.499. The Morgan fingerprint density at radius 2 is 2.23 bits per heavy atom. The molecule has 2 aromatic heterocycles. The molecule has 1 unspecified atom stereocenters. The monoisotopic (exact) mass is 334 g/mol. The summed E-state index contributed by atoms with van der Waals surface area (Å²) in [6.07, 6.45) is 5.20. The summed E-state index contributed by atoms with van der Waals surface area (Å²) >= 11 is 2.90. The van der Waals surface area contributed by atoms with E-state index in [4.69, 9.17) is 0 Å². The van der Waals surface area contributed by atoms with Crippen LogP contribution in [0.1, 0.15) is 51.8 Å². The summed E-state index contributed by atoms with van der Waals surface area (Å²) in [6, 6.07) is 3.37. The molecule has 1 amide bonds. The average Bonchev–Trinajstić information content (AvgIpc) is 2.84. The number of carbonyl (C=O) groups excluding carboxylic acids is 1. The van der Waals surface area contributed by atoms with E-state index in [-0.39, 0.29) is 5.91 Å². The Kier molecular flexibility index (Phi) is 3.71. The van der Waals surface area contributed by atoms with Crippen LogP contribution in [0.4, 0.5) is 5.13 Å². The molecule has 22 heavy (non-hydrogen) atoms. The van der Waals surface area contributed by atoms with Crippen LogP contribution in [0.2, 0.25) is 0 Å². The standard InChI is InChI=1S/C15H18N4OS2/c1-8-18-19-15(22-8)17-14(20)13-5-9(7-21-13)11-6-12(11)16-10-3-2-4-10/h5,7,10-12,16H,2-4,6H2,1H3,(H,17,19,20)/t11?,12-/m1/s1. The maximum Gasteiger partial charge on any atom is 0.267 e. The second kappa shape index (κ2) is 5.72. The largest absolute Gasteiger partial charge is 0.311 e. The molecule has 2 aliphatic carbocycles. The average molecular weight is 334 g/mol. The Morgan fingerprint density at radius 1 is 1.36 bits per heavy atom. The van der Waals surface area contributed by atoms with E-state index in [1.165, 1.54) is 53.9 Å². The molecule has 0 radical (unpaired) electrons. The first-order valence-corrected chi connectivity index (χ1v) is 9.34. The normalized spacial score (nSPS) is 24.0. The van der Waals surface area contributed by atoms with Crippen molar-refractivity contribution < 1.29 is 4.79 Å². The van der Waals surface area contributed by atoms with Gasteiger partial charge in [0.05, 0.1) is 4.88 Å². The van der Waals surface area contributed by atoms with Gasteiger partial charge in [-0.2, -0.15) is 0 Å². The summed E-state index contributed by atoms with van der Waals surface area (Å²) in [5.41, 5.74) is 1.29. The number of nitrogens with one attached hydrogen (secondary N) is 2. The summed E-state index contributed by atoms with van der Waals surface area (Å²) in [4.78, 5) is 13.0. The minimum Gasteiger partial charge on any atom is -0.311 e. The van der Waals surface area contributed by atoms with Crippen molar-refractivity contribution in [2.45, 2.75) is 50.6 Å². The Morgan fingerprint density at radius 3 is 2.91 bits per heavy atom. The fourth-order valence-corrected chi connectivity index (χ4v) is 4.25. The van der Waals surface area contributed by atoms with Crippen molar-refractivity contribution in [1.29, 1.82) is 0 Å². The number of thiophene rings is 1. The first-order valence-electron chi connectivity index (χ1n) is 7.65. The maximum absolute atomic E-state index is 12.2. The van der Waals surface area contributed by atoms with Gasteiger partial charge in [-0.25, -0.2) is 0 Å². The number of aromatic nitrogens is 2. The third kappa shape index (κ3) is 2.93. The number of amides is 1. The van der Waals surface area contributed by atoms with Crippen molar-refractivity contribution in [2.75, 3.05) is 5.32 Å². The van der Waals surface area contributed by atoms with Crippen molar-refractivity contribution in [2.24, 2.45) is 0 Å². The second-order valence-electron chi connectivity index (χ2n) is 6.07. The van der Waals surface area contributed by atoms with Gasteiger partial charge in [0.2, 0.25) is 5.13 Å². The van der Waals surface area contributed by atoms with Crippen LogP contribution in [0.5, 0.6) is 0 Å². The summed E-state index contributed by atoms with van der Waals surface area (Å²) in [6.45, 7) is 1.87. The molecule has 2 atom stereocenters. The molecule has 0 saturated heterocycles. The van der Waals surface area contributed by atoms with Gasteiger partial charge in [-0.15, -0.1) is 21.5 Å². The summed E-state index contributed by atoms with van der Waals surface area (Å²) < 4.78 is 0.